The highest BCUT2D eigenvalue weighted by Gasteiger charge is 2.33. The van der Waals surface area contributed by atoms with E-state index < -0.39 is 0 Å². The molecule has 0 saturated heterocycles. The van der Waals surface area contributed by atoms with Crippen LogP contribution < -0.4 is 0 Å². The average Bonchev–Trinajstić information content (AvgIpc) is 2.52. The Morgan fingerprint density at radius 3 is 1.27 bits per heavy atom. The largest absolute Gasteiger partial charge is 0.0588 e. The van der Waals surface area contributed by atoms with Crippen LogP contribution in [0.1, 0.15) is 72.6 Å². The fourth-order valence-corrected chi connectivity index (χ4v) is 4.17. The predicted octanol–water partition coefficient (Wildman–Crippen LogP) is 6.01. The van der Waals surface area contributed by atoms with Crippen LogP contribution in [0.25, 0.3) is 0 Å². The minimum atomic E-state index is 0.743. The van der Waals surface area contributed by atoms with Crippen LogP contribution in [-0.4, -0.2) is 0 Å². The zero-order valence-corrected chi connectivity index (χ0v) is 13.4. The highest BCUT2D eigenvalue weighted by atomic mass is 14.4. The molecule has 22 heavy (non-hydrogen) atoms. The summed E-state index contributed by atoms with van der Waals surface area (Å²) in [7, 11) is 0. The Bertz CT molecular complexity index is 548. The molecule has 2 aromatic rings. The van der Waals surface area contributed by atoms with Gasteiger partial charge in [-0.05, 0) is 72.6 Å². The fourth-order valence-electron chi connectivity index (χ4n) is 4.17. The normalized spacial score (nSPS) is 24.7. The summed E-state index contributed by atoms with van der Waals surface area (Å²) in [6.45, 7) is 0. The van der Waals surface area contributed by atoms with Crippen molar-refractivity contribution in [1.82, 2.24) is 0 Å². The number of rotatable bonds is 0. The Hall–Kier alpha value is -1.56. The molecule has 0 amide bonds. The standard InChI is InChI=1S/C22H26/c1-2-4-6-18-9-13-20(14-10-18)22-16-15-21(22)19-11-7-17(5-3-1)8-12-19/h7-14,21-22H,1-6,15-16H2. The lowest BCUT2D eigenvalue weighted by Gasteiger charge is -2.37. The second-order valence-corrected chi connectivity index (χ2v) is 7.19. The molecule has 5 aliphatic rings. The summed E-state index contributed by atoms with van der Waals surface area (Å²) in [6.07, 6.45) is 10.6. The van der Waals surface area contributed by atoms with Crippen LogP contribution in [0.15, 0.2) is 48.5 Å². The molecule has 2 aromatic carbocycles. The second kappa shape index (κ2) is 6.28. The van der Waals surface area contributed by atoms with Gasteiger partial charge >= 0.3 is 0 Å². The van der Waals surface area contributed by atoms with E-state index in [2.05, 4.69) is 48.5 Å². The maximum Gasteiger partial charge on any atom is -0.00929 e. The molecule has 0 N–H and O–H groups in total. The molecule has 0 heteroatoms. The molecule has 0 aliphatic heterocycles. The van der Waals surface area contributed by atoms with Gasteiger partial charge in [-0.25, -0.2) is 0 Å². The molecule has 5 aliphatic carbocycles. The molecule has 0 radical (unpaired) electrons. The summed E-state index contributed by atoms with van der Waals surface area (Å²) in [6, 6.07) is 19.1. The van der Waals surface area contributed by atoms with E-state index in [0.717, 1.165) is 11.8 Å². The summed E-state index contributed by atoms with van der Waals surface area (Å²) in [4.78, 5) is 0. The molecular weight excluding hydrogens is 264 g/mol. The molecule has 114 valence electrons. The first-order valence-electron chi connectivity index (χ1n) is 9.08. The van der Waals surface area contributed by atoms with E-state index >= 15 is 0 Å². The van der Waals surface area contributed by atoms with Crippen LogP contribution in [0.3, 0.4) is 0 Å². The van der Waals surface area contributed by atoms with E-state index in [4.69, 9.17) is 0 Å². The van der Waals surface area contributed by atoms with Gasteiger partial charge in [0.15, 0.2) is 0 Å². The predicted molar refractivity (Wildman–Crippen MR) is 93.5 cm³/mol. The summed E-state index contributed by atoms with van der Waals surface area (Å²) in [5.74, 6) is 1.49. The Morgan fingerprint density at radius 1 is 0.500 bits per heavy atom. The van der Waals surface area contributed by atoms with Crippen LogP contribution >= 0.6 is 0 Å². The number of aryl methyl sites for hydroxylation is 2. The van der Waals surface area contributed by atoms with Crippen molar-refractivity contribution in [2.45, 2.75) is 63.2 Å². The van der Waals surface area contributed by atoms with Crippen molar-refractivity contribution in [3.05, 3.63) is 70.8 Å². The Kier molecular flexibility index (Phi) is 4.01. The number of hydrogen-bond donors (Lipinski definition) is 0. The van der Waals surface area contributed by atoms with Crippen molar-refractivity contribution >= 4 is 0 Å². The van der Waals surface area contributed by atoms with Crippen molar-refractivity contribution in [1.29, 1.82) is 0 Å². The van der Waals surface area contributed by atoms with E-state index in [1.54, 1.807) is 11.1 Å². The Labute approximate surface area is 134 Å². The maximum atomic E-state index is 2.40. The molecular formula is C22H26. The minimum Gasteiger partial charge on any atom is -0.0588 e. The third kappa shape index (κ3) is 2.84. The van der Waals surface area contributed by atoms with Crippen molar-refractivity contribution in [3.8, 4) is 0 Å². The minimum absolute atomic E-state index is 0.743. The summed E-state index contributed by atoms with van der Waals surface area (Å²) in [5.41, 5.74) is 6.15. The first-order valence-corrected chi connectivity index (χ1v) is 9.08. The van der Waals surface area contributed by atoms with E-state index in [1.165, 1.54) is 62.5 Å². The molecule has 0 heterocycles. The topological polar surface area (TPSA) is 0 Å². The zero-order valence-electron chi connectivity index (χ0n) is 13.4. The zero-order chi connectivity index (χ0) is 14.8. The van der Waals surface area contributed by atoms with Crippen LogP contribution in [0.5, 0.6) is 0 Å². The van der Waals surface area contributed by atoms with E-state index in [9.17, 15) is 0 Å². The van der Waals surface area contributed by atoms with Crippen molar-refractivity contribution in [3.63, 3.8) is 0 Å². The molecule has 7 rings (SSSR count). The molecule has 1 saturated carbocycles. The van der Waals surface area contributed by atoms with Crippen LogP contribution in [0.2, 0.25) is 0 Å². The van der Waals surface area contributed by atoms with Gasteiger partial charge < -0.3 is 0 Å². The molecule has 0 nitrogen and oxygen atoms in total. The number of hydrogen-bond acceptors (Lipinski definition) is 0. The maximum absolute atomic E-state index is 2.40. The molecule has 2 unspecified atom stereocenters. The van der Waals surface area contributed by atoms with E-state index in [1.807, 2.05) is 0 Å². The van der Waals surface area contributed by atoms with Crippen LogP contribution in [0, 0.1) is 0 Å². The van der Waals surface area contributed by atoms with Crippen molar-refractivity contribution in [2.75, 3.05) is 0 Å². The van der Waals surface area contributed by atoms with Crippen molar-refractivity contribution in [2.24, 2.45) is 0 Å². The summed E-state index contributed by atoms with van der Waals surface area (Å²) in [5, 5.41) is 0. The SMILES string of the molecule is c1cc2ccc1CCCCCCc1ccc(cc1)C1CCC21. The first-order chi connectivity index (χ1) is 10.9. The summed E-state index contributed by atoms with van der Waals surface area (Å²) < 4.78 is 0. The molecule has 0 spiro atoms. The average molecular weight is 290 g/mol. The molecule has 4 bridgehead atoms. The third-order valence-electron chi connectivity index (χ3n) is 5.77. The van der Waals surface area contributed by atoms with Crippen LogP contribution in [-0.2, 0) is 12.8 Å². The van der Waals surface area contributed by atoms with E-state index in [0.29, 0.717) is 0 Å². The van der Waals surface area contributed by atoms with E-state index in [-0.39, 0.29) is 0 Å². The fraction of sp³-hybridized carbons (Fsp3) is 0.455. The van der Waals surface area contributed by atoms with Gasteiger partial charge in [0.2, 0.25) is 0 Å². The van der Waals surface area contributed by atoms with Gasteiger partial charge in [-0.2, -0.15) is 0 Å². The monoisotopic (exact) mass is 290 g/mol. The quantitative estimate of drug-likeness (QED) is 0.557. The van der Waals surface area contributed by atoms with Gasteiger partial charge in [0, 0.05) is 0 Å². The Morgan fingerprint density at radius 2 is 0.909 bits per heavy atom. The lowest BCUT2D eigenvalue weighted by Crippen LogP contribution is -2.21. The molecule has 2 atom stereocenters. The lowest BCUT2D eigenvalue weighted by atomic mass is 9.67. The summed E-state index contributed by atoms with van der Waals surface area (Å²) >= 11 is 0. The highest BCUT2D eigenvalue weighted by Crippen LogP contribution is 2.49. The third-order valence-corrected chi connectivity index (χ3v) is 5.77. The van der Waals surface area contributed by atoms with Gasteiger partial charge in [0.1, 0.15) is 0 Å². The smallest absolute Gasteiger partial charge is 0.00929 e. The number of benzene rings is 2. The van der Waals surface area contributed by atoms with Gasteiger partial charge in [0.05, 0.1) is 0 Å². The van der Waals surface area contributed by atoms with Gasteiger partial charge in [-0.1, -0.05) is 61.4 Å². The van der Waals surface area contributed by atoms with Crippen molar-refractivity contribution < 1.29 is 0 Å². The molecule has 1 fully saturated rings. The van der Waals surface area contributed by atoms with Gasteiger partial charge in [-0.3, -0.25) is 0 Å². The van der Waals surface area contributed by atoms with Crippen LogP contribution in [0.4, 0.5) is 0 Å². The Balaban J connectivity index is 1.62. The second-order valence-electron chi connectivity index (χ2n) is 7.19. The lowest BCUT2D eigenvalue weighted by molar-refractivity contribution is 0.346. The highest BCUT2D eigenvalue weighted by molar-refractivity contribution is 5.35. The van der Waals surface area contributed by atoms with Gasteiger partial charge in [0.25, 0.3) is 0 Å². The van der Waals surface area contributed by atoms with Gasteiger partial charge in [-0.15, -0.1) is 0 Å². The molecule has 0 aromatic heterocycles. The first kappa shape index (κ1) is 14.1.